The maximum absolute atomic E-state index is 14.0. The third-order valence-electron chi connectivity index (χ3n) is 7.70. The van der Waals surface area contributed by atoms with E-state index in [1.807, 2.05) is 13.8 Å². The Hall–Kier alpha value is -4.44. The fraction of sp³-hybridized carbons (Fsp3) is 0.324. The van der Waals surface area contributed by atoms with Crippen molar-refractivity contribution in [1.29, 1.82) is 0 Å². The third kappa shape index (κ3) is 5.50. The van der Waals surface area contributed by atoms with Crippen LogP contribution in [0.15, 0.2) is 60.2 Å². The molecule has 1 aromatic heterocycles. The number of rotatable bonds is 9. The van der Waals surface area contributed by atoms with Gasteiger partial charge in [-0.1, -0.05) is 31.3 Å². The van der Waals surface area contributed by atoms with E-state index in [1.54, 1.807) is 36.4 Å². The summed E-state index contributed by atoms with van der Waals surface area (Å²) in [5.41, 5.74) is 2.23. The SMILES string of the molecule is CCOc1cc([C@H]2C(=C(O)c3ccc4c(c3)C[C@@H](C)O4)C(=O)C(=O)N2c2nc3ccc(F)cc3s2)ccc1OCCC(C)C. The molecule has 1 saturated heterocycles. The van der Waals surface area contributed by atoms with Gasteiger partial charge in [0.15, 0.2) is 16.6 Å². The number of aliphatic hydroxyl groups excluding tert-OH is 1. The van der Waals surface area contributed by atoms with Gasteiger partial charge in [-0.15, -0.1) is 0 Å². The van der Waals surface area contributed by atoms with Crippen molar-refractivity contribution in [1.82, 2.24) is 4.98 Å². The molecule has 2 aliphatic rings. The van der Waals surface area contributed by atoms with Crippen LogP contribution in [0.1, 0.15) is 56.8 Å². The first-order valence-electron chi connectivity index (χ1n) is 14.7. The van der Waals surface area contributed by atoms with Gasteiger partial charge in [-0.05, 0) is 85.8 Å². The van der Waals surface area contributed by atoms with Crippen molar-refractivity contribution >= 4 is 44.1 Å². The maximum atomic E-state index is 14.0. The topological polar surface area (TPSA) is 98.2 Å². The average molecular weight is 617 g/mol. The van der Waals surface area contributed by atoms with Gasteiger partial charge in [0.05, 0.1) is 35.0 Å². The summed E-state index contributed by atoms with van der Waals surface area (Å²) in [6, 6.07) is 13.6. The molecule has 0 unspecified atom stereocenters. The molecule has 0 bridgehead atoms. The van der Waals surface area contributed by atoms with Crippen LogP contribution in [0.25, 0.3) is 16.0 Å². The number of thiazole rings is 1. The fourth-order valence-corrected chi connectivity index (χ4v) is 6.56. The molecule has 0 spiro atoms. The molecule has 0 aliphatic carbocycles. The summed E-state index contributed by atoms with van der Waals surface area (Å²) in [5.74, 6) is -0.257. The Morgan fingerprint density at radius 2 is 1.93 bits per heavy atom. The molecule has 4 aromatic rings. The predicted molar refractivity (Wildman–Crippen MR) is 167 cm³/mol. The molecule has 44 heavy (non-hydrogen) atoms. The quantitative estimate of drug-likeness (QED) is 0.121. The number of hydrogen-bond donors (Lipinski definition) is 1. The van der Waals surface area contributed by atoms with Gasteiger partial charge in [0.1, 0.15) is 23.4 Å². The molecule has 1 fully saturated rings. The minimum atomic E-state index is -1.03. The second kappa shape index (κ2) is 11.9. The van der Waals surface area contributed by atoms with Crippen LogP contribution in [0.5, 0.6) is 17.2 Å². The molecule has 1 amide bonds. The summed E-state index contributed by atoms with van der Waals surface area (Å²) >= 11 is 1.10. The third-order valence-corrected chi connectivity index (χ3v) is 8.71. The van der Waals surface area contributed by atoms with E-state index in [2.05, 4.69) is 18.8 Å². The van der Waals surface area contributed by atoms with Gasteiger partial charge >= 0.3 is 5.91 Å². The highest BCUT2D eigenvalue weighted by atomic mass is 32.1. The zero-order valence-electron chi connectivity index (χ0n) is 24.9. The number of carbonyl (C=O) groups excluding carboxylic acids is 2. The van der Waals surface area contributed by atoms with Crippen molar-refractivity contribution < 1.29 is 33.3 Å². The molecule has 0 saturated carbocycles. The normalized spacial score (nSPS) is 19.1. The fourth-order valence-electron chi connectivity index (χ4n) is 5.55. The van der Waals surface area contributed by atoms with Crippen LogP contribution < -0.4 is 19.1 Å². The molecule has 2 aliphatic heterocycles. The largest absolute Gasteiger partial charge is 0.507 e. The number of fused-ring (bicyclic) bond motifs is 2. The van der Waals surface area contributed by atoms with Crippen LogP contribution in [0.2, 0.25) is 0 Å². The number of benzene rings is 3. The number of halogens is 1. The molecule has 8 nitrogen and oxygen atoms in total. The first-order chi connectivity index (χ1) is 21.1. The van der Waals surface area contributed by atoms with Gasteiger partial charge in [0, 0.05) is 12.0 Å². The lowest BCUT2D eigenvalue weighted by Crippen LogP contribution is -2.29. The van der Waals surface area contributed by atoms with Crippen molar-refractivity contribution in [2.24, 2.45) is 5.92 Å². The Morgan fingerprint density at radius 1 is 1.11 bits per heavy atom. The lowest BCUT2D eigenvalue weighted by atomic mass is 9.94. The van der Waals surface area contributed by atoms with Crippen LogP contribution in [0.4, 0.5) is 9.52 Å². The number of ketones is 1. The second-order valence-electron chi connectivity index (χ2n) is 11.4. The van der Waals surface area contributed by atoms with Gasteiger partial charge in [0.2, 0.25) is 0 Å². The van der Waals surface area contributed by atoms with Crippen LogP contribution >= 0.6 is 11.3 Å². The highest BCUT2D eigenvalue weighted by molar-refractivity contribution is 7.22. The van der Waals surface area contributed by atoms with Crippen LogP contribution in [-0.2, 0) is 16.0 Å². The predicted octanol–water partition coefficient (Wildman–Crippen LogP) is 7.21. The molecular formula is C34H33FN2O6S. The second-order valence-corrected chi connectivity index (χ2v) is 12.4. The smallest absolute Gasteiger partial charge is 0.301 e. The molecule has 6 rings (SSSR count). The van der Waals surface area contributed by atoms with E-state index >= 15 is 0 Å². The summed E-state index contributed by atoms with van der Waals surface area (Å²) in [5, 5.41) is 11.9. The molecule has 1 N–H and O–H groups in total. The molecule has 2 atom stereocenters. The summed E-state index contributed by atoms with van der Waals surface area (Å²) in [7, 11) is 0. The van der Waals surface area contributed by atoms with Gasteiger partial charge in [0.25, 0.3) is 5.78 Å². The van der Waals surface area contributed by atoms with Gasteiger partial charge in [-0.3, -0.25) is 14.5 Å². The maximum Gasteiger partial charge on any atom is 0.301 e. The average Bonchev–Trinajstić information content (AvgIpc) is 3.65. The van der Waals surface area contributed by atoms with Crippen molar-refractivity contribution in [2.75, 3.05) is 18.1 Å². The number of ether oxygens (including phenoxy) is 3. The van der Waals surface area contributed by atoms with Crippen molar-refractivity contribution in [3.63, 3.8) is 0 Å². The molecule has 0 radical (unpaired) electrons. The molecule has 228 valence electrons. The minimum Gasteiger partial charge on any atom is -0.507 e. The molecule has 10 heteroatoms. The van der Waals surface area contributed by atoms with E-state index < -0.39 is 23.5 Å². The Balaban J connectivity index is 1.50. The number of aliphatic hydroxyl groups is 1. The van der Waals surface area contributed by atoms with Crippen molar-refractivity contribution in [3.05, 3.63) is 82.7 Å². The van der Waals surface area contributed by atoms with Gasteiger partial charge < -0.3 is 19.3 Å². The number of nitrogens with zero attached hydrogens (tertiary/aromatic N) is 2. The lowest BCUT2D eigenvalue weighted by molar-refractivity contribution is -0.132. The standard InChI is InChI=1S/C34H33FN2O6S/c1-5-41-27-16-20(6-11-26(27)42-13-12-18(2)3)30-29(31(38)21-7-10-25-22(15-21)14-19(4)43-25)32(39)33(40)37(30)34-36-24-9-8-23(35)17-28(24)44-34/h6-11,15-19,30,38H,5,12-14H2,1-4H3/t19-,30+/m1/s1. The summed E-state index contributed by atoms with van der Waals surface area (Å²) in [6.07, 6.45) is 1.51. The number of carbonyl (C=O) groups is 2. The van der Waals surface area contributed by atoms with E-state index in [4.69, 9.17) is 14.2 Å². The minimum absolute atomic E-state index is 0.00453. The Bertz CT molecular complexity index is 1800. The number of amides is 1. The summed E-state index contributed by atoms with van der Waals surface area (Å²) < 4.78 is 32.3. The number of Topliss-reactive ketones (excluding diaryl/α,β-unsaturated/α-hetero) is 1. The lowest BCUT2D eigenvalue weighted by Gasteiger charge is -2.24. The first kappa shape index (κ1) is 29.6. The zero-order valence-corrected chi connectivity index (χ0v) is 25.7. The highest BCUT2D eigenvalue weighted by Gasteiger charge is 2.48. The molecular weight excluding hydrogens is 583 g/mol. The van der Waals surface area contributed by atoms with Crippen LogP contribution in [0.3, 0.4) is 0 Å². The summed E-state index contributed by atoms with van der Waals surface area (Å²) in [6.45, 7) is 8.91. The summed E-state index contributed by atoms with van der Waals surface area (Å²) in [4.78, 5) is 33.3. The van der Waals surface area contributed by atoms with Gasteiger partial charge in [-0.2, -0.15) is 0 Å². The van der Waals surface area contributed by atoms with Crippen molar-refractivity contribution in [2.45, 2.75) is 52.7 Å². The van der Waals surface area contributed by atoms with Gasteiger partial charge in [-0.25, -0.2) is 9.37 Å². The van der Waals surface area contributed by atoms with E-state index in [-0.39, 0.29) is 22.6 Å². The number of anilines is 1. The van der Waals surface area contributed by atoms with E-state index in [0.29, 0.717) is 58.4 Å². The molecule has 3 aromatic carbocycles. The Morgan fingerprint density at radius 3 is 2.70 bits per heavy atom. The van der Waals surface area contributed by atoms with Crippen LogP contribution in [-0.4, -0.2) is 41.1 Å². The van der Waals surface area contributed by atoms with E-state index in [9.17, 15) is 19.1 Å². The monoisotopic (exact) mass is 616 g/mol. The van der Waals surface area contributed by atoms with E-state index in [1.165, 1.54) is 23.1 Å². The van der Waals surface area contributed by atoms with Crippen LogP contribution in [0, 0.1) is 11.7 Å². The highest BCUT2D eigenvalue weighted by Crippen LogP contribution is 2.46. The van der Waals surface area contributed by atoms with E-state index in [0.717, 1.165) is 29.1 Å². The number of aromatic nitrogens is 1. The number of hydrogen-bond acceptors (Lipinski definition) is 8. The first-order valence-corrected chi connectivity index (χ1v) is 15.5. The Labute approximate surface area is 258 Å². The molecule has 3 heterocycles. The Kier molecular flexibility index (Phi) is 8.02. The zero-order chi connectivity index (χ0) is 31.1. The van der Waals surface area contributed by atoms with Crippen molar-refractivity contribution in [3.8, 4) is 17.2 Å².